The number of ether oxygens (including phenoxy) is 1. The summed E-state index contributed by atoms with van der Waals surface area (Å²) in [6.07, 6.45) is 2.33. The van der Waals surface area contributed by atoms with Crippen molar-refractivity contribution in [1.29, 1.82) is 0 Å². The molecule has 3 nitrogen and oxygen atoms in total. The van der Waals surface area contributed by atoms with Gasteiger partial charge in [-0.3, -0.25) is 0 Å². The van der Waals surface area contributed by atoms with Crippen molar-refractivity contribution in [2.45, 2.75) is 13.5 Å². The molecule has 1 N–H and O–H groups in total. The summed E-state index contributed by atoms with van der Waals surface area (Å²) in [6, 6.07) is 25.3. The summed E-state index contributed by atoms with van der Waals surface area (Å²) >= 11 is 0. The Hall–Kier alpha value is -3.46. The van der Waals surface area contributed by atoms with Gasteiger partial charge >= 0.3 is 0 Å². The van der Waals surface area contributed by atoms with E-state index in [0.717, 1.165) is 12.3 Å². The quantitative estimate of drug-likeness (QED) is 0.467. The summed E-state index contributed by atoms with van der Waals surface area (Å²) in [5.41, 5.74) is 7.47. The third kappa shape index (κ3) is 3.40. The van der Waals surface area contributed by atoms with E-state index < -0.39 is 0 Å². The number of fused-ring (bicyclic) bond motifs is 3. The van der Waals surface area contributed by atoms with Crippen LogP contribution in [0.3, 0.4) is 0 Å². The van der Waals surface area contributed by atoms with Crippen LogP contribution < -0.4 is 9.64 Å². The molecule has 0 saturated carbocycles. The van der Waals surface area contributed by atoms with E-state index in [2.05, 4.69) is 84.5 Å². The van der Waals surface area contributed by atoms with Crippen molar-refractivity contribution in [2.24, 2.45) is 0 Å². The third-order valence-electron chi connectivity index (χ3n) is 5.55. The maximum Gasteiger partial charge on any atom is 0.119 e. The molecular weight excluding hydrogens is 356 g/mol. The van der Waals surface area contributed by atoms with Crippen LogP contribution in [0.2, 0.25) is 0 Å². The van der Waals surface area contributed by atoms with Crippen LogP contribution in [-0.4, -0.2) is 18.6 Å². The largest absolute Gasteiger partial charge is 0.489 e. The van der Waals surface area contributed by atoms with Gasteiger partial charge in [-0.15, -0.1) is 0 Å². The van der Waals surface area contributed by atoms with Crippen molar-refractivity contribution < 1.29 is 4.74 Å². The average molecular weight is 380 g/mol. The number of hydrogen-bond donors (Lipinski definition) is 1. The SMILES string of the molecule is Cc1ccc2[nH]c3c(c2c1)C=C(c1ccc(OCc2ccccc2)cc1)CN3C. The van der Waals surface area contributed by atoms with Gasteiger partial charge in [0.25, 0.3) is 0 Å². The first-order valence-electron chi connectivity index (χ1n) is 9.98. The fraction of sp³-hybridized carbons (Fsp3) is 0.154. The highest BCUT2D eigenvalue weighted by molar-refractivity contribution is 6.02. The highest BCUT2D eigenvalue weighted by Crippen LogP contribution is 2.37. The molecule has 0 amide bonds. The first-order chi connectivity index (χ1) is 14.2. The lowest BCUT2D eigenvalue weighted by Crippen LogP contribution is -2.23. The standard InChI is InChI=1S/C26H24N2O/c1-18-8-13-25-23(14-18)24-15-21(16-28(2)26(24)27-25)20-9-11-22(12-10-20)29-17-19-6-4-3-5-7-19/h3-15,27H,16-17H2,1-2H3. The fourth-order valence-corrected chi connectivity index (χ4v) is 3.99. The van der Waals surface area contributed by atoms with Crippen molar-refractivity contribution in [2.75, 3.05) is 18.5 Å². The fourth-order valence-electron chi connectivity index (χ4n) is 3.99. The van der Waals surface area contributed by atoms with E-state index in [9.17, 15) is 0 Å². The van der Waals surface area contributed by atoms with Gasteiger partial charge in [-0.25, -0.2) is 0 Å². The lowest BCUT2D eigenvalue weighted by atomic mass is 9.98. The van der Waals surface area contributed by atoms with Crippen LogP contribution in [0.4, 0.5) is 5.82 Å². The number of aryl methyl sites for hydroxylation is 1. The Labute approximate surface area is 171 Å². The lowest BCUT2D eigenvalue weighted by Gasteiger charge is -2.25. The molecule has 2 heterocycles. The van der Waals surface area contributed by atoms with Gasteiger partial charge < -0.3 is 14.6 Å². The second-order valence-corrected chi connectivity index (χ2v) is 7.76. The van der Waals surface area contributed by atoms with Crippen LogP contribution in [-0.2, 0) is 6.61 Å². The summed E-state index contributed by atoms with van der Waals surface area (Å²) in [5, 5.41) is 1.28. The molecule has 0 spiro atoms. The number of aromatic nitrogens is 1. The van der Waals surface area contributed by atoms with Gasteiger partial charge in [-0.05, 0) is 54.0 Å². The minimum absolute atomic E-state index is 0.587. The zero-order chi connectivity index (χ0) is 19.8. The summed E-state index contributed by atoms with van der Waals surface area (Å²) in [4.78, 5) is 5.86. The van der Waals surface area contributed by atoms with Crippen molar-refractivity contribution in [1.82, 2.24) is 4.98 Å². The predicted octanol–water partition coefficient (Wildman–Crippen LogP) is 6.05. The number of benzene rings is 3. The van der Waals surface area contributed by atoms with Crippen LogP contribution in [0.25, 0.3) is 22.6 Å². The maximum atomic E-state index is 5.94. The number of nitrogens with zero attached hydrogens (tertiary/aromatic N) is 1. The molecule has 0 unspecified atom stereocenters. The summed E-state index contributed by atoms with van der Waals surface area (Å²) < 4.78 is 5.94. The Balaban J connectivity index is 1.41. The van der Waals surface area contributed by atoms with E-state index in [-0.39, 0.29) is 0 Å². The van der Waals surface area contributed by atoms with Gasteiger partial charge in [-0.1, -0.05) is 54.1 Å². The third-order valence-corrected chi connectivity index (χ3v) is 5.55. The van der Waals surface area contributed by atoms with E-state index in [4.69, 9.17) is 4.74 Å². The molecule has 1 aliphatic rings. The van der Waals surface area contributed by atoms with Crippen molar-refractivity contribution in [3.63, 3.8) is 0 Å². The first-order valence-corrected chi connectivity index (χ1v) is 9.98. The van der Waals surface area contributed by atoms with E-state index in [1.54, 1.807) is 0 Å². The van der Waals surface area contributed by atoms with E-state index in [1.165, 1.54) is 44.5 Å². The van der Waals surface area contributed by atoms with Gasteiger partial charge in [0.05, 0.1) is 0 Å². The van der Waals surface area contributed by atoms with E-state index >= 15 is 0 Å². The number of nitrogens with one attached hydrogen (secondary N) is 1. The van der Waals surface area contributed by atoms with Gasteiger partial charge in [-0.2, -0.15) is 0 Å². The monoisotopic (exact) mass is 380 g/mol. The van der Waals surface area contributed by atoms with Gasteiger partial charge in [0, 0.05) is 30.1 Å². The van der Waals surface area contributed by atoms with Crippen molar-refractivity contribution in [3.8, 4) is 5.75 Å². The second-order valence-electron chi connectivity index (χ2n) is 7.76. The molecule has 4 aromatic rings. The molecule has 0 saturated heterocycles. The average Bonchev–Trinajstić information content (AvgIpc) is 3.12. The van der Waals surface area contributed by atoms with E-state index in [0.29, 0.717) is 6.61 Å². The van der Waals surface area contributed by atoms with E-state index in [1.807, 2.05) is 18.2 Å². The maximum absolute atomic E-state index is 5.94. The summed E-state index contributed by atoms with van der Waals surface area (Å²) in [5.74, 6) is 2.09. The van der Waals surface area contributed by atoms with Crippen molar-refractivity contribution >= 4 is 28.4 Å². The highest BCUT2D eigenvalue weighted by Gasteiger charge is 2.20. The molecule has 0 fully saturated rings. The van der Waals surface area contributed by atoms with Crippen LogP contribution in [0.5, 0.6) is 5.75 Å². The van der Waals surface area contributed by atoms with Crippen LogP contribution in [0.15, 0.2) is 72.8 Å². The molecule has 3 aromatic carbocycles. The lowest BCUT2D eigenvalue weighted by molar-refractivity contribution is 0.306. The molecule has 0 bridgehead atoms. The number of likely N-dealkylation sites (N-methyl/N-ethyl adjacent to an activating group) is 1. The Morgan fingerprint density at radius 3 is 2.55 bits per heavy atom. The smallest absolute Gasteiger partial charge is 0.119 e. The molecular formula is C26H24N2O. The van der Waals surface area contributed by atoms with Gasteiger partial charge in [0.15, 0.2) is 0 Å². The topological polar surface area (TPSA) is 28.3 Å². The van der Waals surface area contributed by atoms with Crippen molar-refractivity contribution in [3.05, 3.63) is 95.1 Å². The van der Waals surface area contributed by atoms with Crippen LogP contribution in [0.1, 0.15) is 22.3 Å². The first kappa shape index (κ1) is 17.6. The molecule has 0 aliphatic carbocycles. The summed E-state index contributed by atoms with van der Waals surface area (Å²) in [7, 11) is 2.14. The van der Waals surface area contributed by atoms with Crippen LogP contribution >= 0.6 is 0 Å². The molecule has 3 heteroatoms. The van der Waals surface area contributed by atoms with Gasteiger partial charge in [0.1, 0.15) is 18.2 Å². The molecule has 1 aromatic heterocycles. The minimum atomic E-state index is 0.587. The predicted molar refractivity (Wildman–Crippen MR) is 121 cm³/mol. The Morgan fingerprint density at radius 1 is 0.966 bits per heavy atom. The second kappa shape index (κ2) is 7.17. The normalized spacial score (nSPS) is 13.3. The molecule has 144 valence electrons. The highest BCUT2D eigenvalue weighted by atomic mass is 16.5. The number of H-pyrrole nitrogens is 1. The Bertz CT molecular complexity index is 1190. The molecule has 5 rings (SSSR count). The number of rotatable bonds is 4. The number of hydrogen-bond acceptors (Lipinski definition) is 2. The number of anilines is 1. The zero-order valence-corrected chi connectivity index (χ0v) is 16.8. The Kier molecular flexibility index (Phi) is 4.36. The molecule has 29 heavy (non-hydrogen) atoms. The van der Waals surface area contributed by atoms with Gasteiger partial charge in [0.2, 0.25) is 0 Å². The molecule has 1 aliphatic heterocycles. The zero-order valence-electron chi connectivity index (χ0n) is 16.8. The number of aromatic amines is 1. The van der Waals surface area contributed by atoms with Crippen LogP contribution in [0, 0.1) is 6.92 Å². The summed E-state index contributed by atoms with van der Waals surface area (Å²) in [6.45, 7) is 3.61. The molecule has 0 radical (unpaired) electrons. The Morgan fingerprint density at radius 2 is 1.76 bits per heavy atom. The minimum Gasteiger partial charge on any atom is -0.489 e. The molecule has 0 atom stereocenters.